The van der Waals surface area contributed by atoms with Crippen LogP contribution in [0.4, 0.5) is 0 Å². The maximum Gasteiger partial charge on any atom is 0.289 e. The lowest BCUT2D eigenvalue weighted by atomic mass is 10.0. The normalized spacial score (nSPS) is 20.9. The van der Waals surface area contributed by atoms with Gasteiger partial charge in [0.25, 0.3) is 5.91 Å². The summed E-state index contributed by atoms with van der Waals surface area (Å²) in [5, 5.41) is 9.67. The van der Waals surface area contributed by atoms with Crippen LogP contribution >= 0.6 is 0 Å². The number of rotatable bonds is 5. The zero-order chi connectivity index (χ0) is 20.2. The maximum atomic E-state index is 12.5. The molecular weight excluding hydrogens is 372 g/mol. The Morgan fingerprint density at radius 1 is 1.07 bits per heavy atom. The Kier molecular flexibility index (Phi) is 5.28. The molecule has 9 heteroatoms. The van der Waals surface area contributed by atoms with E-state index in [1.165, 1.54) is 12.4 Å². The van der Waals surface area contributed by atoms with E-state index in [2.05, 4.69) is 30.7 Å². The smallest absolute Gasteiger partial charge is 0.289 e. The molecule has 1 aliphatic carbocycles. The summed E-state index contributed by atoms with van der Waals surface area (Å²) in [6.45, 7) is 0. The van der Waals surface area contributed by atoms with Gasteiger partial charge in [0.2, 0.25) is 23.4 Å². The second kappa shape index (κ2) is 8.17. The Morgan fingerprint density at radius 2 is 1.83 bits per heavy atom. The third-order valence-electron chi connectivity index (χ3n) is 5.06. The molecule has 1 saturated carbocycles. The van der Waals surface area contributed by atoms with Gasteiger partial charge < -0.3 is 15.2 Å². The molecule has 2 N–H and O–H groups in total. The molecule has 9 nitrogen and oxygen atoms in total. The predicted octanol–water partition coefficient (Wildman–Crippen LogP) is 1.56. The average molecular weight is 392 g/mol. The first-order chi connectivity index (χ1) is 14.2. The molecule has 3 atom stereocenters. The number of carbonyl (C=O) groups is 2. The summed E-state index contributed by atoms with van der Waals surface area (Å²) in [6.07, 6.45) is 3.97. The number of benzene rings is 1. The molecule has 0 bridgehead atoms. The number of amides is 2. The molecule has 29 heavy (non-hydrogen) atoms. The molecule has 2 aromatic heterocycles. The van der Waals surface area contributed by atoms with Gasteiger partial charge in [-0.15, -0.1) is 0 Å². The summed E-state index contributed by atoms with van der Waals surface area (Å²) in [5.74, 6) is -0.0828. The van der Waals surface area contributed by atoms with Crippen LogP contribution in [-0.4, -0.2) is 45.0 Å². The molecule has 3 aromatic rings. The van der Waals surface area contributed by atoms with Gasteiger partial charge in [-0.2, -0.15) is 4.98 Å². The fourth-order valence-corrected chi connectivity index (χ4v) is 3.63. The van der Waals surface area contributed by atoms with Crippen LogP contribution in [-0.2, 0) is 4.79 Å². The van der Waals surface area contributed by atoms with Crippen LogP contribution in [0.15, 0.2) is 53.3 Å². The minimum Gasteiger partial charge on any atom is -0.359 e. The topological polar surface area (TPSA) is 123 Å². The van der Waals surface area contributed by atoms with Crippen molar-refractivity contribution >= 4 is 11.8 Å². The molecule has 0 unspecified atom stereocenters. The van der Waals surface area contributed by atoms with Crippen LogP contribution in [0.2, 0.25) is 0 Å². The lowest BCUT2D eigenvalue weighted by molar-refractivity contribution is -0.124. The van der Waals surface area contributed by atoms with E-state index in [1.807, 2.05) is 30.3 Å². The lowest BCUT2D eigenvalue weighted by Gasteiger charge is -2.17. The first-order valence-corrected chi connectivity index (χ1v) is 9.34. The predicted molar refractivity (Wildman–Crippen MR) is 103 cm³/mol. The third-order valence-corrected chi connectivity index (χ3v) is 5.06. The van der Waals surface area contributed by atoms with Crippen molar-refractivity contribution in [3.63, 3.8) is 0 Å². The van der Waals surface area contributed by atoms with Crippen molar-refractivity contribution in [2.45, 2.75) is 24.8 Å². The summed E-state index contributed by atoms with van der Waals surface area (Å²) in [5.41, 5.74) is 0.835. The first-order valence-electron chi connectivity index (χ1n) is 9.34. The van der Waals surface area contributed by atoms with Crippen LogP contribution in [0.5, 0.6) is 0 Å². The minimum atomic E-state index is -0.402. The molecule has 4 rings (SSSR count). The van der Waals surface area contributed by atoms with Crippen molar-refractivity contribution in [3.8, 4) is 11.4 Å². The minimum absolute atomic E-state index is 0.0742. The van der Waals surface area contributed by atoms with Gasteiger partial charge in [-0.25, -0.2) is 9.97 Å². The SMILES string of the molecule is CNC(=O)[C@H]1C[C@H](NC(=O)c2ncccn2)[C@H](c2nc(-c3ccccc3)no2)C1. The molecule has 1 aromatic carbocycles. The van der Waals surface area contributed by atoms with Gasteiger partial charge in [-0.1, -0.05) is 35.5 Å². The van der Waals surface area contributed by atoms with Gasteiger partial charge in [-0.3, -0.25) is 9.59 Å². The molecule has 0 saturated heterocycles. The standard InChI is InChI=1S/C20H20N6O3/c1-21-18(27)13-10-14(15(11-13)24-19(28)17-22-8-5-9-23-17)20-25-16(26-29-20)12-6-3-2-4-7-12/h2-9,13-15H,10-11H2,1H3,(H,21,27)(H,24,28)/t13-,14-,15+/m1/s1. The number of nitrogens with one attached hydrogen (secondary N) is 2. The van der Waals surface area contributed by atoms with E-state index in [9.17, 15) is 9.59 Å². The molecule has 0 spiro atoms. The fraction of sp³-hybridized carbons (Fsp3) is 0.300. The highest BCUT2D eigenvalue weighted by molar-refractivity contribution is 5.90. The number of carbonyl (C=O) groups excluding carboxylic acids is 2. The second-order valence-corrected chi connectivity index (χ2v) is 6.86. The molecule has 1 fully saturated rings. The third kappa shape index (κ3) is 3.98. The Hall–Kier alpha value is -3.62. The van der Waals surface area contributed by atoms with E-state index in [1.54, 1.807) is 13.1 Å². The van der Waals surface area contributed by atoms with Crippen molar-refractivity contribution in [2.24, 2.45) is 5.92 Å². The summed E-state index contributed by atoms with van der Waals surface area (Å²) >= 11 is 0. The van der Waals surface area contributed by atoms with Crippen LogP contribution in [0.25, 0.3) is 11.4 Å². The van der Waals surface area contributed by atoms with Crippen molar-refractivity contribution < 1.29 is 14.1 Å². The van der Waals surface area contributed by atoms with E-state index in [4.69, 9.17) is 4.52 Å². The fourth-order valence-electron chi connectivity index (χ4n) is 3.63. The second-order valence-electron chi connectivity index (χ2n) is 6.86. The van der Waals surface area contributed by atoms with Crippen molar-refractivity contribution in [3.05, 3.63) is 60.5 Å². The highest BCUT2D eigenvalue weighted by atomic mass is 16.5. The molecule has 1 aliphatic rings. The van der Waals surface area contributed by atoms with Crippen LogP contribution in [0.1, 0.15) is 35.3 Å². The summed E-state index contributed by atoms with van der Waals surface area (Å²) < 4.78 is 5.51. The number of hydrogen-bond acceptors (Lipinski definition) is 7. The molecule has 148 valence electrons. The number of aromatic nitrogens is 4. The Bertz CT molecular complexity index is 992. The molecule has 2 amide bonds. The highest BCUT2D eigenvalue weighted by Gasteiger charge is 2.42. The summed E-state index contributed by atoms with van der Waals surface area (Å²) in [6, 6.07) is 10.8. The average Bonchev–Trinajstić information content (AvgIpc) is 3.42. The number of hydrogen-bond donors (Lipinski definition) is 2. The van der Waals surface area contributed by atoms with Crippen LogP contribution in [0.3, 0.4) is 0 Å². The zero-order valence-corrected chi connectivity index (χ0v) is 15.8. The van der Waals surface area contributed by atoms with Crippen molar-refractivity contribution in [2.75, 3.05) is 7.05 Å². The Balaban J connectivity index is 1.58. The summed E-state index contributed by atoms with van der Waals surface area (Å²) in [7, 11) is 1.60. The van der Waals surface area contributed by atoms with E-state index in [0.717, 1.165) is 5.56 Å². The quantitative estimate of drug-likeness (QED) is 0.675. The highest BCUT2D eigenvalue weighted by Crippen LogP contribution is 2.38. The zero-order valence-electron chi connectivity index (χ0n) is 15.8. The monoisotopic (exact) mass is 392 g/mol. The van der Waals surface area contributed by atoms with Gasteiger partial charge >= 0.3 is 0 Å². The van der Waals surface area contributed by atoms with Gasteiger partial charge in [0.05, 0.1) is 5.92 Å². The van der Waals surface area contributed by atoms with E-state index >= 15 is 0 Å². The Morgan fingerprint density at radius 3 is 2.55 bits per heavy atom. The van der Waals surface area contributed by atoms with E-state index < -0.39 is 5.91 Å². The van der Waals surface area contributed by atoms with Crippen molar-refractivity contribution in [1.29, 1.82) is 0 Å². The van der Waals surface area contributed by atoms with Crippen molar-refractivity contribution in [1.82, 2.24) is 30.7 Å². The maximum absolute atomic E-state index is 12.5. The molecule has 0 radical (unpaired) electrons. The van der Waals surface area contributed by atoms with E-state index in [-0.39, 0.29) is 29.6 Å². The molecule has 0 aliphatic heterocycles. The largest absolute Gasteiger partial charge is 0.359 e. The molecule has 2 heterocycles. The summed E-state index contributed by atoms with van der Waals surface area (Å²) in [4.78, 5) is 37.2. The Labute approximate surface area is 167 Å². The number of nitrogens with zero attached hydrogens (tertiary/aromatic N) is 4. The van der Waals surface area contributed by atoms with Crippen LogP contribution in [0, 0.1) is 5.92 Å². The van der Waals surface area contributed by atoms with Gasteiger partial charge in [-0.05, 0) is 18.9 Å². The first kappa shape index (κ1) is 18.7. The van der Waals surface area contributed by atoms with Crippen LogP contribution < -0.4 is 10.6 Å². The van der Waals surface area contributed by atoms with Gasteiger partial charge in [0, 0.05) is 37.0 Å². The molecular formula is C20H20N6O3. The van der Waals surface area contributed by atoms with Gasteiger partial charge in [0.15, 0.2) is 0 Å². The lowest BCUT2D eigenvalue weighted by Crippen LogP contribution is -2.38. The van der Waals surface area contributed by atoms with E-state index in [0.29, 0.717) is 24.6 Å². The van der Waals surface area contributed by atoms with Gasteiger partial charge in [0.1, 0.15) is 0 Å².